The molecule has 1 aromatic heterocycles. The molecule has 116 valence electrons. The zero-order chi connectivity index (χ0) is 15.4. The van der Waals surface area contributed by atoms with E-state index < -0.39 is 5.82 Å². The summed E-state index contributed by atoms with van der Waals surface area (Å²) in [7, 11) is 0. The summed E-state index contributed by atoms with van der Waals surface area (Å²) in [5, 5.41) is 3.14. The van der Waals surface area contributed by atoms with Gasteiger partial charge in [-0.2, -0.15) is 4.98 Å². The molecule has 0 radical (unpaired) electrons. The van der Waals surface area contributed by atoms with E-state index in [4.69, 9.17) is 11.6 Å². The van der Waals surface area contributed by atoms with Crippen molar-refractivity contribution >= 4 is 29.1 Å². The lowest BCUT2D eigenvalue weighted by Gasteiger charge is -2.21. The fourth-order valence-corrected chi connectivity index (χ4v) is 2.77. The van der Waals surface area contributed by atoms with Gasteiger partial charge in [0.05, 0.1) is 5.02 Å². The maximum Gasteiger partial charge on any atom is 0.229 e. The summed E-state index contributed by atoms with van der Waals surface area (Å²) >= 11 is 5.79. The van der Waals surface area contributed by atoms with Crippen LogP contribution in [-0.4, -0.2) is 23.1 Å². The SMILES string of the molecule is Fc1ccc(Nc2nccc(N3CCCCCC3)n2)cc1Cl. The third-order valence-electron chi connectivity index (χ3n) is 3.75. The molecule has 0 unspecified atom stereocenters. The highest BCUT2D eigenvalue weighted by atomic mass is 35.5. The maximum atomic E-state index is 13.2. The molecule has 4 nitrogen and oxygen atoms in total. The van der Waals surface area contributed by atoms with Crippen molar-refractivity contribution in [1.82, 2.24) is 9.97 Å². The summed E-state index contributed by atoms with van der Waals surface area (Å²) < 4.78 is 13.2. The van der Waals surface area contributed by atoms with Gasteiger partial charge in [-0.15, -0.1) is 0 Å². The summed E-state index contributed by atoms with van der Waals surface area (Å²) in [5.74, 6) is 0.975. The van der Waals surface area contributed by atoms with Gasteiger partial charge in [-0.3, -0.25) is 0 Å². The van der Waals surface area contributed by atoms with Gasteiger partial charge in [0.2, 0.25) is 5.95 Å². The zero-order valence-electron chi connectivity index (χ0n) is 12.2. The second kappa shape index (κ2) is 6.92. The molecule has 0 bridgehead atoms. The molecule has 6 heteroatoms. The van der Waals surface area contributed by atoms with Gasteiger partial charge in [0.15, 0.2) is 0 Å². The van der Waals surface area contributed by atoms with Crippen LogP contribution in [0.4, 0.5) is 21.8 Å². The van der Waals surface area contributed by atoms with Gasteiger partial charge >= 0.3 is 0 Å². The summed E-state index contributed by atoms with van der Waals surface area (Å²) in [5.41, 5.74) is 0.666. The predicted octanol–water partition coefficient (Wildman–Crippen LogP) is 4.39. The van der Waals surface area contributed by atoms with E-state index in [0.29, 0.717) is 11.6 Å². The number of rotatable bonds is 3. The minimum Gasteiger partial charge on any atom is -0.356 e. The predicted molar refractivity (Wildman–Crippen MR) is 87.4 cm³/mol. The smallest absolute Gasteiger partial charge is 0.229 e. The van der Waals surface area contributed by atoms with Crippen molar-refractivity contribution in [1.29, 1.82) is 0 Å². The Balaban J connectivity index is 1.76. The first-order chi connectivity index (χ1) is 10.7. The number of hydrogen-bond acceptors (Lipinski definition) is 4. The molecular formula is C16H18ClFN4. The van der Waals surface area contributed by atoms with Crippen molar-refractivity contribution in [3.05, 3.63) is 41.3 Å². The Morgan fingerprint density at radius 1 is 1.09 bits per heavy atom. The van der Waals surface area contributed by atoms with Crippen LogP contribution in [0.25, 0.3) is 0 Å². The quantitative estimate of drug-likeness (QED) is 0.910. The molecule has 1 N–H and O–H groups in total. The standard InChI is InChI=1S/C16H18ClFN4/c17-13-11-12(5-6-14(13)18)20-16-19-8-7-15(21-16)22-9-3-1-2-4-10-22/h5-8,11H,1-4,9-10H2,(H,19,20,21). The van der Waals surface area contributed by atoms with Crippen LogP contribution in [0.3, 0.4) is 0 Å². The first kappa shape index (κ1) is 15.0. The number of halogens is 2. The third-order valence-corrected chi connectivity index (χ3v) is 4.04. The fraction of sp³-hybridized carbons (Fsp3) is 0.375. The van der Waals surface area contributed by atoms with E-state index in [9.17, 15) is 4.39 Å². The van der Waals surface area contributed by atoms with E-state index in [1.165, 1.54) is 37.8 Å². The molecule has 1 aliphatic rings. The van der Waals surface area contributed by atoms with E-state index in [-0.39, 0.29) is 5.02 Å². The molecule has 0 spiro atoms. The van der Waals surface area contributed by atoms with Crippen LogP contribution in [0, 0.1) is 5.82 Å². The minimum atomic E-state index is -0.438. The Kier molecular flexibility index (Phi) is 4.73. The number of nitrogens with zero attached hydrogens (tertiary/aromatic N) is 3. The minimum absolute atomic E-state index is 0.0775. The molecule has 3 rings (SSSR count). The molecule has 0 saturated carbocycles. The van der Waals surface area contributed by atoms with Crippen LogP contribution >= 0.6 is 11.6 Å². The maximum absolute atomic E-state index is 13.2. The topological polar surface area (TPSA) is 41.1 Å². The molecule has 1 aliphatic heterocycles. The van der Waals surface area contributed by atoms with Gasteiger partial charge in [0, 0.05) is 25.0 Å². The van der Waals surface area contributed by atoms with Crippen LogP contribution in [0.15, 0.2) is 30.5 Å². The van der Waals surface area contributed by atoms with E-state index in [2.05, 4.69) is 20.2 Å². The van der Waals surface area contributed by atoms with Crippen LogP contribution in [0.1, 0.15) is 25.7 Å². The Morgan fingerprint density at radius 2 is 1.86 bits per heavy atom. The van der Waals surface area contributed by atoms with Gasteiger partial charge in [-0.1, -0.05) is 24.4 Å². The van der Waals surface area contributed by atoms with Crippen molar-refractivity contribution in [3.63, 3.8) is 0 Å². The Morgan fingerprint density at radius 3 is 2.59 bits per heavy atom. The van der Waals surface area contributed by atoms with Crippen molar-refractivity contribution in [2.24, 2.45) is 0 Å². The Labute approximate surface area is 134 Å². The number of hydrogen-bond donors (Lipinski definition) is 1. The van der Waals surface area contributed by atoms with Crippen molar-refractivity contribution in [2.75, 3.05) is 23.3 Å². The first-order valence-corrected chi connectivity index (χ1v) is 7.90. The average molecular weight is 321 g/mol. The normalized spacial score (nSPS) is 15.5. The first-order valence-electron chi connectivity index (χ1n) is 7.52. The Bertz CT molecular complexity index is 642. The highest BCUT2D eigenvalue weighted by molar-refractivity contribution is 6.31. The number of anilines is 3. The summed E-state index contributed by atoms with van der Waals surface area (Å²) in [4.78, 5) is 11.1. The average Bonchev–Trinajstić information content (AvgIpc) is 2.80. The van der Waals surface area contributed by atoms with Gasteiger partial charge < -0.3 is 10.2 Å². The number of nitrogens with one attached hydrogen (secondary N) is 1. The molecule has 1 saturated heterocycles. The highest BCUT2D eigenvalue weighted by Gasteiger charge is 2.12. The monoisotopic (exact) mass is 320 g/mol. The number of aromatic nitrogens is 2. The molecule has 0 atom stereocenters. The lowest BCUT2D eigenvalue weighted by Crippen LogP contribution is -2.25. The number of benzene rings is 1. The molecule has 22 heavy (non-hydrogen) atoms. The molecule has 0 amide bonds. The lowest BCUT2D eigenvalue weighted by atomic mass is 10.2. The van der Waals surface area contributed by atoms with Crippen LogP contribution in [-0.2, 0) is 0 Å². The highest BCUT2D eigenvalue weighted by Crippen LogP contribution is 2.23. The largest absolute Gasteiger partial charge is 0.356 e. The van der Waals surface area contributed by atoms with E-state index in [1.54, 1.807) is 12.3 Å². The summed E-state index contributed by atoms with van der Waals surface area (Å²) in [6.07, 6.45) is 6.68. The third kappa shape index (κ3) is 3.65. The molecule has 0 aliphatic carbocycles. The van der Waals surface area contributed by atoms with Crippen LogP contribution in [0.2, 0.25) is 5.02 Å². The summed E-state index contributed by atoms with van der Waals surface area (Å²) in [6, 6.07) is 6.39. The van der Waals surface area contributed by atoms with E-state index in [0.717, 1.165) is 18.9 Å². The lowest BCUT2D eigenvalue weighted by molar-refractivity contribution is 0.628. The molecule has 2 aromatic rings. The molecular weight excluding hydrogens is 303 g/mol. The van der Waals surface area contributed by atoms with Gasteiger partial charge in [0.25, 0.3) is 0 Å². The van der Waals surface area contributed by atoms with Crippen LogP contribution < -0.4 is 10.2 Å². The van der Waals surface area contributed by atoms with Crippen LogP contribution in [0.5, 0.6) is 0 Å². The fourth-order valence-electron chi connectivity index (χ4n) is 2.59. The van der Waals surface area contributed by atoms with E-state index in [1.807, 2.05) is 6.07 Å². The van der Waals surface area contributed by atoms with Crippen molar-refractivity contribution < 1.29 is 4.39 Å². The van der Waals surface area contributed by atoms with Gasteiger partial charge in [0.1, 0.15) is 11.6 Å². The second-order valence-electron chi connectivity index (χ2n) is 5.39. The van der Waals surface area contributed by atoms with Crippen molar-refractivity contribution in [3.8, 4) is 0 Å². The van der Waals surface area contributed by atoms with Gasteiger partial charge in [-0.25, -0.2) is 9.37 Å². The molecule has 1 fully saturated rings. The molecule has 2 heterocycles. The van der Waals surface area contributed by atoms with Gasteiger partial charge in [-0.05, 0) is 37.1 Å². The van der Waals surface area contributed by atoms with E-state index >= 15 is 0 Å². The zero-order valence-corrected chi connectivity index (χ0v) is 13.0. The summed E-state index contributed by atoms with van der Waals surface area (Å²) in [6.45, 7) is 2.05. The molecule has 1 aromatic carbocycles. The van der Waals surface area contributed by atoms with Crippen molar-refractivity contribution in [2.45, 2.75) is 25.7 Å². The second-order valence-corrected chi connectivity index (χ2v) is 5.80. The Hall–Kier alpha value is -1.88.